The van der Waals surface area contributed by atoms with Gasteiger partial charge in [0.05, 0.1) is 5.41 Å². The molecule has 476 valence electrons. The summed E-state index contributed by atoms with van der Waals surface area (Å²) >= 11 is 12.3. The van der Waals surface area contributed by atoms with E-state index in [-0.39, 0.29) is 0 Å². The number of hydrogen-bond acceptors (Lipinski definition) is 6. The van der Waals surface area contributed by atoms with Crippen LogP contribution in [0.15, 0.2) is 132 Å². The van der Waals surface area contributed by atoms with Gasteiger partial charge < -0.3 is 0 Å². The highest BCUT2D eigenvalue weighted by atomic mass is 32.1. The third-order valence-electron chi connectivity index (χ3n) is 19.9. The molecule has 0 nitrogen and oxygen atoms in total. The minimum atomic E-state index is -0.453. The van der Waals surface area contributed by atoms with Gasteiger partial charge in [-0.15, -0.1) is 68.0 Å². The van der Waals surface area contributed by atoms with Crippen LogP contribution in [-0.4, -0.2) is 0 Å². The molecule has 91 heavy (non-hydrogen) atoms. The van der Waals surface area contributed by atoms with Gasteiger partial charge in [0.2, 0.25) is 0 Å². The molecule has 10 aromatic rings. The maximum atomic E-state index is 2.66. The molecule has 4 aromatic carbocycles. The summed E-state index contributed by atoms with van der Waals surface area (Å²) < 4.78 is 0. The second-order valence-electron chi connectivity index (χ2n) is 26.7. The Balaban J connectivity index is 0.948. The molecule has 0 bridgehead atoms. The molecule has 0 unspecified atom stereocenters. The number of aryl methyl sites for hydroxylation is 6. The van der Waals surface area contributed by atoms with Crippen LogP contribution in [0.1, 0.15) is 251 Å². The van der Waals surface area contributed by atoms with Gasteiger partial charge in [-0.1, -0.05) is 230 Å². The van der Waals surface area contributed by atoms with E-state index < -0.39 is 5.41 Å². The Morgan fingerprint density at radius 3 is 0.934 bits per heavy atom. The molecule has 6 aromatic heterocycles. The summed E-state index contributed by atoms with van der Waals surface area (Å²) in [5.41, 5.74) is 22.7. The SMILES string of the molecule is CCCCCCc1csc(-c2sc(-c3sc(-c4ccc5c(c4)C4(c6ccccc6-5)c5ccccc5-c5ccc(-c6cc(CCCCCC)c(-c7cc(CCCCCC)c(-c8cc(CCCCCC)cs8)s7)s6)cc54)cc3CCCCCC)cc2CCCCCC)c1. The van der Waals surface area contributed by atoms with E-state index >= 15 is 0 Å². The molecule has 0 aliphatic heterocycles. The lowest BCUT2D eigenvalue weighted by molar-refractivity contribution is 0.667. The van der Waals surface area contributed by atoms with Crippen LogP contribution in [-0.2, 0) is 43.9 Å². The van der Waals surface area contributed by atoms with Gasteiger partial charge >= 0.3 is 0 Å². The first-order chi connectivity index (χ1) is 44.9. The Morgan fingerprint density at radius 1 is 0.264 bits per heavy atom. The van der Waals surface area contributed by atoms with Gasteiger partial charge in [0.1, 0.15) is 0 Å². The molecular weight excluding hydrogens is 1210 g/mol. The van der Waals surface area contributed by atoms with Crippen LogP contribution in [0.25, 0.3) is 82.2 Å². The monoisotopic (exact) mass is 1310 g/mol. The second-order valence-corrected chi connectivity index (χ2v) is 32.8. The van der Waals surface area contributed by atoms with Gasteiger partial charge in [0, 0.05) is 48.8 Å². The molecule has 0 saturated carbocycles. The number of rotatable bonds is 36. The van der Waals surface area contributed by atoms with Crippen molar-refractivity contribution in [2.45, 2.75) is 240 Å². The summed E-state index contributed by atoms with van der Waals surface area (Å²) in [5, 5.41) is 4.94. The van der Waals surface area contributed by atoms with Gasteiger partial charge in [-0.2, -0.15) is 0 Å². The fraction of sp³-hybridized carbons (Fsp3) is 0.435. The van der Waals surface area contributed by atoms with Crippen molar-refractivity contribution >= 4 is 68.0 Å². The Hall–Kier alpha value is -4.92. The minimum absolute atomic E-state index is 0.453. The Labute approximate surface area is 572 Å². The quantitative estimate of drug-likeness (QED) is 0.0343. The van der Waals surface area contributed by atoms with Crippen molar-refractivity contribution in [1.29, 1.82) is 0 Å². The van der Waals surface area contributed by atoms with Crippen LogP contribution in [0, 0.1) is 0 Å². The molecule has 0 radical (unpaired) electrons. The second kappa shape index (κ2) is 32.0. The average Bonchev–Trinajstić information content (AvgIpc) is 1.51. The predicted octanol–water partition coefficient (Wildman–Crippen LogP) is 29.1. The molecule has 6 heterocycles. The fourth-order valence-electron chi connectivity index (χ4n) is 15.0. The summed E-state index contributed by atoms with van der Waals surface area (Å²) in [6.45, 7) is 14.0. The van der Waals surface area contributed by atoms with Crippen LogP contribution in [0.5, 0.6) is 0 Å². The maximum Gasteiger partial charge on any atom is 0.0725 e. The molecule has 2 aliphatic rings. The highest BCUT2D eigenvalue weighted by Crippen LogP contribution is 2.64. The standard InChI is InChI=1S/C85H100S6/c1-7-13-19-25-35-59-49-77(86-57-59)81-65(39-29-23-17-11-5)55-79(90-81)83-63(37-27-21-15-9-3)53-75(88-83)61-45-47-69-67-41-31-33-43-71(67)85(73(69)51-61)72-44-34-32-42-68(72)70-48-46-62(52-74(70)85)76-54-64(38-28-22-16-10-4)84(89-76)80-56-66(40-30-24-18-12-6)82(91-80)78-50-60(58-87-78)36-26-20-14-8-2/h31-34,41-58H,7-30,35-40H2,1-6H3. The highest BCUT2D eigenvalue weighted by Gasteiger charge is 2.52. The molecule has 1 spiro atoms. The topological polar surface area (TPSA) is 0 Å². The number of unbranched alkanes of at least 4 members (excludes halogenated alkanes) is 18. The van der Waals surface area contributed by atoms with Gasteiger partial charge in [-0.3, -0.25) is 0 Å². The van der Waals surface area contributed by atoms with Crippen molar-refractivity contribution in [1.82, 2.24) is 0 Å². The van der Waals surface area contributed by atoms with Crippen molar-refractivity contribution in [3.05, 3.63) is 188 Å². The Kier molecular flexibility index (Phi) is 23.3. The first kappa shape index (κ1) is 66.1. The van der Waals surface area contributed by atoms with Crippen LogP contribution in [0.4, 0.5) is 0 Å². The van der Waals surface area contributed by atoms with Crippen molar-refractivity contribution in [3.8, 4) is 82.2 Å². The molecule has 6 heteroatoms. The average molecular weight is 1310 g/mol. The third-order valence-corrected chi connectivity index (χ3v) is 27.4. The van der Waals surface area contributed by atoms with E-state index in [1.54, 1.807) is 22.3 Å². The molecule has 0 amide bonds. The van der Waals surface area contributed by atoms with Gasteiger partial charge in [0.25, 0.3) is 0 Å². The van der Waals surface area contributed by atoms with E-state index in [0.717, 1.165) is 25.7 Å². The molecule has 0 saturated heterocycles. The summed E-state index contributed by atoms with van der Waals surface area (Å²) in [4.78, 5) is 14.8. The third kappa shape index (κ3) is 14.5. The normalized spacial score (nSPS) is 12.8. The van der Waals surface area contributed by atoms with E-state index in [4.69, 9.17) is 0 Å². The zero-order valence-corrected chi connectivity index (χ0v) is 60.8. The van der Waals surface area contributed by atoms with Crippen LogP contribution in [0.2, 0.25) is 0 Å². The zero-order chi connectivity index (χ0) is 62.5. The molecule has 0 N–H and O–H groups in total. The lowest BCUT2D eigenvalue weighted by Crippen LogP contribution is -2.26. The number of fused-ring (bicyclic) bond motifs is 10. The van der Waals surface area contributed by atoms with E-state index in [1.165, 1.54) is 282 Å². The zero-order valence-electron chi connectivity index (χ0n) is 55.9. The van der Waals surface area contributed by atoms with Gasteiger partial charge in [0.15, 0.2) is 0 Å². The number of benzene rings is 4. The van der Waals surface area contributed by atoms with Gasteiger partial charge in [-0.25, -0.2) is 0 Å². The molecular formula is C85H100S6. The van der Waals surface area contributed by atoms with Gasteiger partial charge in [-0.05, 0) is 225 Å². The van der Waals surface area contributed by atoms with Crippen molar-refractivity contribution in [2.75, 3.05) is 0 Å². The van der Waals surface area contributed by atoms with Crippen molar-refractivity contribution in [3.63, 3.8) is 0 Å². The predicted molar refractivity (Wildman–Crippen MR) is 410 cm³/mol. The number of hydrogen-bond donors (Lipinski definition) is 0. The molecule has 0 atom stereocenters. The fourth-order valence-corrected chi connectivity index (χ4v) is 22.3. The van der Waals surface area contributed by atoms with Crippen LogP contribution in [0.3, 0.4) is 0 Å². The number of thiophene rings is 6. The summed E-state index contributed by atoms with van der Waals surface area (Å²) in [7, 11) is 0. The van der Waals surface area contributed by atoms with Crippen molar-refractivity contribution < 1.29 is 0 Å². The van der Waals surface area contributed by atoms with Crippen molar-refractivity contribution in [2.24, 2.45) is 0 Å². The summed E-state index contributed by atoms with van der Waals surface area (Å²) in [6.07, 6.45) is 38.0. The lowest BCUT2D eigenvalue weighted by Gasteiger charge is -2.31. The maximum absolute atomic E-state index is 2.66. The minimum Gasteiger partial charge on any atom is -0.143 e. The Bertz CT molecular complexity index is 3710. The largest absolute Gasteiger partial charge is 0.143 e. The van der Waals surface area contributed by atoms with Crippen LogP contribution < -0.4 is 0 Å². The first-order valence-corrected chi connectivity index (χ1v) is 41.1. The first-order valence-electron chi connectivity index (χ1n) is 36.0. The summed E-state index contributed by atoms with van der Waals surface area (Å²) in [6, 6.07) is 49.9. The smallest absolute Gasteiger partial charge is 0.0725 e. The van der Waals surface area contributed by atoms with E-state index in [0.29, 0.717) is 0 Å². The molecule has 2 aliphatic carbocycles. The summed E-state index contributed by atoms with van der Waals surface area (Å²) in [5.74, 6) is 0. The van der Waals surface area contributed by atoms with Crippen LogP contribution >= 0.6 is 68.0 Å². The van der Waals surface area contributed by atoms with E-state index in [2.05, 4.69) is 219 Å². The van der Waals surface area contributed by atoms with E-state index in [9.17, 15) is 0 Å². The van der Waals surface area contributed by atoms with E-state index in [1.807, 2.05) is 22.7 Å². The lowest BCUT2D eigenvalue weighted by atomic mass is 9.70. The molecule has 0 fully saturated rings. The Morgan fingerprint density at radius 2 is 0.571 bits per heavy atom. The highest BCUT2D eigenvalue weighted by molar-refractivity contribution is 7.28. The molecule has 12 rings (SSSR count).